The van der Waals surface area contributed by atoms with E-state index >= 15 is 0 Å². The third-order valence-electron chi connectivity index (χ3n) is 3.43. The summed E-state index contributed by atoms with van der Waals surface area (Å²) in [6, 6.07) is 2.76. The van der Waals surface area contributed by atoms with E-state index in [-0.39, 0.29) is 0 Å². The van der Waals surface area contributed by atoms with E-state index in [4.69, 9.17) is 21.1 Å². The lowest BCUT2D eigenvalue weighted by Crippen LogP contribution is -2.22. The minimum atomic E-state index is -1.13. The van der Waals surface area contributed by atoms with Gasteiger partial charge in [0, 0.05) is 27.1 Å². The summed E-state index contributed by atoms with van der Waals surface area (Å²) in [5.41, 5.74) is 1.06. The van der Waals surface area contributed by atoms with Gasteiger partial charge in [0.15, 0.2) is 0 Å². The standard InChI is InChI=1S/C16H23ClN2O3Si/c1-5-22-16(20)12-10-19(11-21-8-9-23(2,3)4)15-14(12)13(17)6-7-18-15/h6-7,10H,5,8-9,11H2,1-4H3. The summed E-state index contributed by atoms with van der Waals surface area (Å²) in [5, 5.41) is 1.10. The lowest BCUT2D eigenvalue weighted by atomic mass is 10.2. The van der Waals surface area contributed by atoms with Crippen molar-refractivity contribution >= 4 is 36.7 Å². The van der Waals surface area contributed by atoms with Gasteiger partial charge in [0.2, 0.25) is 0 Å². The van der Waals surface area contributed by atoms with Gasteiger partial charge in [-0.3, -0.25) is 0 Å². The zero-order valence-corrected chi connectivity index (χ0v) is 15.8. The first-order valence-electron chi connectivity index (χ1n) is 7.71. The number of ether oxygens (including phenoxy) is 2. The van der Waals surface area contributed by atoms with Gasteiger partial charge in [-0.2, -0.15) is 0 Å². The van der Waals surface area contributed by atoms with E-state index in [1.807, 2.05) is 0 Å². The Hall–Kier alpha value is -1.37. The molecule has 0 aliphatic rings. The quantitative estimate of drug-likeness (QED) is 0.425. The third-order valence-corrected chi connectivity index (χ3v) is 5.45. The summed E-state index contributed by atoms with van der Waals surface area (Å²) >= 11 is 6.24. The van der Waals surface area contributed by atoms with E-state index in [0.717, 1.165) is 6.04 Å². The van der Waals surface area contributed by atoms with Crippen molar-refractivity contribution in [3.63, 3.8) is 0 Å². The lowest BCUT2D eigenvalue weighted by Gasteiger charge is -2.15. The highest BCUT2D eigenvalue weighted by Crippen LogP contribution is 2.28. The summed E-state index contributed by atoms with van der Waals surface area (Å²) in [7, 11) is -1.13. The molecule has 0 fully saturated rings. The minimum absolute atomic E-state index is 0.316. The van der Waals surface area contributed by atoms with E-state index in [1.165, 1.54) is 0 Å². The minimum Gasteiger partial charge on any atom is -0.462 e. The highest BCUT2D eigenvalue weighted by Gasteiger charge is 2.19. The van der Waals surface area contributed by atoms with Crippen molar-refractivity contribution in [2.45, 2.75) is 39.3 Å². The van der Waals surface area contributed by atoms with Crippen molar-refractivity contribution in [2.75, 3.05) is 13.2 Å². The molecular formula is C16H23ClN2O3Si. The molecule has 0 saturated heterocycles. The Labute approximate surface area is 142 Å². The van der Waals surface area contributed by atoms with Crippen LogP contribution in [0.5, 0.6) is 0 Å². The molecule has 0 unspecified atom stereocenters. The zero-order chi connectivity index (χ0) is 17.0. The number of aromatic nitrogens is 2. The van der Waals surface area contributed by atoms with Crippen LogP contribution in [-0.2, 0) is 16.2 Å². The smallest absolute Gasteiger partial charge is 0.340 e. The monoisotopic (exact) mass is 354 g/mol. The number of carbonyl (C=O) groups is 1. The second-order valence-corrected chi connectivity index (χ2v) is 12.6. The fourth-order valence-electron chi connectivity index (χ4n) is 2.18. The van der Waals surface area contributed by atoms with Crippen molar-refractivity contribution in [1.29, 1.82) is 0 Å². The Bertz CT molecular complexity index is 694. The van der Waals surface area contributed by atoms with Crippen molar-refractivity contribution in [2.24, 2.45) is 0 Å². The van der Waals surface area contributed by atoms with E-state index in [2.05, 4.69) is 24.6 Å². The topological polar surface area (TPSA) is 53.4 Å². The van der Waals surface area contributed by atoms with E-state index in [9.17, 15) is 4.79 Å². The van der Waals surface area contributed by atoms with Gasteiger partial charge in [-0.15, -0.1) is 0 Å². The summed E-state index contributed by atoms with van der Waals surface area (Å²) < 4.78 is 12.7. The van der Waals surface area contributed by atoms with Crippen molar-refractivity contribution in [3.8, 4) is 0 Å². The molecule has 0 aliphatic carbocycles. The average molecular weight is 355 g/mol. The Morgan fingerprint density at radius 1 is 1.39 bits per heavy atom. The number of fused-ring (bicyclic) bond motifs is 1. The molecule has 0 aliphatic heterocycles. The summed E-state index contributed by atoms with van der Waals surface area (Å²) in [6.07, 6.45) is 3.33. The van der Waals surface area contributed by atoms with Crippen LogP contribution in [0.15, 0.2) is 18.5 Å². The van der Waals surface area contributed by atoms with Crippen LogP contribution in [-0.4, -0.2) is 36.8 Å². The van der Waals surface area contributed by atoms with E-state index in [0.29, 0.717) is 41.6 Å². The first-order chi connectivity index (χ1) is 10.8. The fraction of sp³-hybridized carbons (Fsp3) is 0.500. The maximum Gasteiger partial charge on any atom is 0.340 e. The molecule has 0 amide bonds. The predicted octanol–water partition coefficient (Wildman–Crippen LogP) is 4.18. The van der Waals surface area contributed by atoms with Gasteiger partial charge in [0.25, 0.3) is 0 Å². The van der Waals surface area contributed by atoms with E-state index in [1.54, 1.807) is 30.0 Å². The van der Waals surface area contributed by atoms with Crippen LogP contribution in [0.25, 0.3) is 11.0 Å². The van der Waals surface area contributed by atoms with Gasteiger partial charge in [0.05, 0.1) is 22.6 Å². The number of carbonyl (C=O) groups excluding carboxylic acids is 1. The molecule has 2 rings (SSSR count). The predicted molar refractivity (Wildman–Crippen MR) is 94.8 cm³/mol. The molecule has 23 heavy (non-hydrogen) atoms. The molecule has 0 spiro atoms. The molecule has 2 heterocycles. The second kappa shape index (κ2) is 7.46. The zero-order valence-electron chi connectivity index (χ0n) is 14.1. The number of nitrogens with zero attached hydrogens (tertiary/aromatic N) is 2. The van der Waals surface area contributed by atoms with Crippen molar-refractivity contribution in [1.82, 2.24) is 9.55 Å². The lowest BCUT2D eigenvalue weighted by molar-refractivity contribution is 0.0527. The maximum absolute atomic E-state index is 12.1. The number of esters is 1. The molecule has 2 aromatic heterocycles. The van der Waals surface area contributed by atoms with Gasteiger partial charge in [-0.1, -0.05) is 31.2 Å². The first kappa shape index (κ1) is 18.0. The summed E-state index contributed by atoms with van der Waals surface area (Å²) in [6.45, 7) is 10.1. The third kappa shape index (κ3) is 4.56. The number of halogens is 1. The summed E-state index contributed by atoms with van der Waals surface area (Å²) in [4.78, 5) is 16.5. The Kier molecular flexibility index (Phi) is 5.83. The molecule has 5 nitrogen and oxygen atoms in total. The van der Waals surface area contributed by atoms with Crippen LogP contribution >= 0.6 is 11.6 Å². The van der Waals surface area contributed by atoms with Crippen LogP contribution in [0.2, 0.25) is 30.7 Å². The van der Waals surface area contributed by atoms with Gasteiger partial charge in [-0.25, -0.2) is 9.78 Å². The Morgan fingerprint density at radius 3 is 2.78 bits per heavy atom. The molecular weight excluding hydrogens is 332 g/mol. The normalized spacial score (nSPS) is 11.9. The van der Waals surface area contributed by atoms with Crippen LogP contribution in [0.3, 0.4) is 0 Å². The molecule has 7 heteroatoms. The average Bonchev–Trinajstić information content (AvgIpc) is 2.83. The van der Waals surface area contributed by atoms with Gasteiger partial charge in [-0.05, 0) is 19.0 Å². The fourth-order valence-corrected chi connectivity index (χ4v) is 3.18. The van der Waals surface area contributed by atoms with Crippen molar-refractivity contribution in [3.05, 3.63) is 29.0 Å². The number of pyridine rings is 1. The molecule has 0 atom stereocenters. The highest BCUT2D eigenvalue weighted by molar-refractivity contribution is 6.76. The molecule has 0 radical (unpaired) electrons. The molecule has 0 saturated carbocycles. The molecule has 2 aromatic rings. The molecule has 126 valence electrons. The number of hydrogen-bond donors (Lipinski definition) is 0. The number of rotatable bonds is 7. The van der Waals surface area contributed by atoms with Gasteiger partial charge >= 0.3 is 5.97 Å². The van der Waals surface area contributed by atoms with Crippen LogP contribution in [0.4, 0.5) is 0 Å². The van der Waals surface area contributed by atoms with Gasteiger partial charge in [0.1, 0.15) is 12.4 Å². The Balaban J connectivity index is 2.23. The maximum atomic E-state index is 12.1. The van der Waals surface area contributed by atoms with E-state index < -0.39 is 14.0 Å². The van der Waals surface area contributed by atoms with Crippen LogP contribution < -0.4 is 0 Å². The molecule has 0 N–H and O–H groups in total. The van der Waals surface area contributed by atoms with Gasteiger partial charge < -0.3 is 14.0 Å². The van der Waals surface area contributed by atoms with Crippen molar-refractivity contribution < 1.29 is 14.3 Å². The second-order valence-electron chi connectivity index (χ2n) is 6.57. The molecule has 0 bridgehead atoms. The first-order valence-corrected chi connectivity index (χ1v) is 11.8. The summed E-state index contributed by atoms with van der Waals surface area (Å²) in [5.74, 6) is -0.395. The highest BCUT2D eigenvalue weighted by atomic mass is 35.5. The SMILES string of the molecule is CCOC(=O)c1cn(COCC[Si](C)(C)C)c2nccc(Cl)c12. The van der Waals surface area contributed by atoms with Crippen LogP contribution in [0.1, 0.15) is 17.3 Å². The molecule has 0 aromatic carbocycles. The largest absolute Gasteiger partial charge is 0.462 e. The number of hydrogen-bond acceptors (Lipinski definition) is 4. The Morgan fingerprint density at radius 2 is 2.13 bits per heavy atom. The van der Waals surface area contributed by atoms with Crippen LogP contribution in [0, 0.1) is 0 Å².